The minimum Gasteiger partial charge on any atom is -0.458 e. The molecule has 2 amide bonds. The van der Waals surface area contributed by atoms with Gasteiger partial charge in [-0.15, -0.1) is 0 Å². The van der Waals surface area contributed by atoms with Crippen LogP contribution in [0.4, 0.5) is 9.59 Å². The van der Waals surface area contributed by atoms with E-state index in [1.807, 2.05) is 0 Å². The van der Waals surface area contributed by atoms with Crippen molar-refractivity contribution < 1.29 is 33.7 Å². The third-order valence-corrected chi connectivity index (χ3v) is 3.11. The summed E-state index contributed by atoms with van der Waals surface area (Å²) < 4.78 is 16.1. The van der Waals surface area contributed by atoms with Crippen molar-refractivity contribution in [3.8, 4) is 0 Å². The van der Waals surface area contributed by atoms with Gasteiger partial charge in [0.2, 0.25) is 0 Å². The summed E-state index contributed by atoms with van der Waals surface area (Å²) >= 11 is 0. The monoisotopic (exact) mass is 403 g/mol. The molecule has 0 saturated heterocycles. The van der Waals surface area contributed by atoms with Crippen molar-refractivity contribution in [2.45, 2.75) is 98.5 Å². The third kappa shape index (κ3) is 10.5. The van der Waals surface area contributed by atoms with E-state index in [1.165, 1.54) is 0 Å². The highest BCUT2D eigenvalue weighted by Crippen LogP contribution is 2.23. The van der Waals surface area contributed by atoms with Crippen LogP contribution in [0.1, 0.15) is 75.7 Å². The van der Waals surface area contributed by atoms with Crippen LogP contribution in [-0.2, 0) is 19.0 Å². The van der Waals surface area contributed by atoms with E-state index in [0.717, 1.165) is 0 Å². The number of ether oxygens (including phenoxy) is 3. The molecular formula is C20H37NO7. The fourth-order valence-corrected chi connectivity index (χ4v) is 2.08. The van der Waals surface area contributed by atoms with Gasteiger partial charge in [0.1, 0.15) is 22.8 Å². The summed E-state index contributed by atoms with van der Waals surface area (Å²) in [5, 5.41) is 9.43. The summed E-state index contributed by atoms with van der Waals surface area (Å²) in [5.41, 5.74) is -2.61. The molecule has 1 N–H and O–H groups in total. The highest BCUT2D eigenvalue weighted by Gasteiger charge is 2.42. The second-order valence-corrected chi connectivity index (χ2v) is 9.90. The highest BCUT2D eigenvalue weighted by molar-refractivity contribution is 5.94. The van der Waals surface area contributed by atoms with Gasteiger partial charge in [-0.25, -0.2) is 14.4 Å². The van der Waals surface area contributed by atoms with Gasteiger partial charge in [0, 0.05) is 6.61 Å². The summed E-state index contributed by atoms with van der Waals surface area (Å²) in [7, 11) is 0. The zero-order valence-electron chi connectivity index (χ0n) is 18.9. The van der Waals surface area contributed by atoms with Gasteiger partial charge in [-0.3, -0.25) is 0 Å². The lowest BCUT2D eigenvalue weighted by atomic mass is 10.0. The van der Waals surface area contributed by atoms with E-state index in [2.05, 4.69) is 0 Å². The van der Waals surface area contributed by atoms with E-state index in [0.29, 0.717) is 4.90 Å². The van der Waals surface area contributed by atoms with E-state index in [1.54, 1.807) is 69.2 Å². The van der Waals surface area contributed by atoms with Crippen molar-refractivity contribution in [1.82, 2.24) is 4.90 Å². The zero-order valence-corrected chi connectivity index (χ0v) is 18.9. The van der Waals surface area contributed by atoms with Crippen molar-refractivity contribution in [2.75, 3.05) is 6.61 Å². The van der Waals surface area contributed by atoms with Crippen LogP contribution in [0.15, 0.2) is 0 Å². The Balaban J connectivity index is 6.06. The van der Waals surface area contributed by atoms with E-state index >= 15 is 0 Å². The molecule has 8 nitrogen and oxygen atoms in total. The second kappa shape index (κ2) is 9.58. The van der Waals surface area contributed by atoms with Crippen LogP contribution in [0.25, 0.3) is 0 Å². The Morgan fingerprint density at radius 1 is 0.786 bits per heavy atom. The number of carbonyl (C=O) groups excluding carboxylic acids is 3. The number of hydrogen-bond acceptors (Lipinski definition) is 7. The Morgan fingerprint density at radius 2 is 1.14 bits per heavy atom. The minimum atomic E-state index is -1.30. The Morgan fingerprint density at radius 3 is 1.43 bits per heavy atom. The average molecular weight is 404 g/mol. The van der Waals surface area contributed by atoms with Gasteiger partial charge in [0.15, 0.2) is 0 Å². The van der Waals surface area contributed by atoms with Crippen LogP contribution < -0.4 is 0 Å². The molecule has 0 aliphatic heterocycles. The fourth-order valence-electron chi connectivity index (χ4n) is 2.08. The SMILES string of the molecule is C[C@@H](CO)C[C@@H](C(=O)OC(C)(C)C)N(C(=O)OC(C)(C)C)C(=O)OC(C)(C)C. The predicted molar refractivity (Wildman–Crippen MR) is 105 cm³/mol. The quantitative estimate of drug-likeness (QED) is 0.549. The molecule has 0 radical (unpaired) electrons. The van der Waals surface area contributed by atoms with Gasteiger partial charge in [0.05, 0.1) is 0 Å². The zero-order chi connectivity index (χ0) is 22.5. The van der Waals surface area contributed by atoms with Crippen molar-refractivity contribution in [3.05, 3.63) is 0 Å². The lowest BCUT2D eigenvalue weighted by Crippen LogP contribution is -2.53. The summed E-state index contributed by atoms with van der Waals surface area (Å²) in [4.78, 5) is 39.1. The van der Waals surface area contributed by atoms with Gasteiger partial charge in [-0.05, 0) is 74.7 Å². The van der Waals surface area contributed by atoms with E-state index in [9.17, 15) is 19.5 Å². The molecule has 0 aromatic heterocycles. The standard InChI is InChI=1S/C20H37NO7/c1-13(12-22)11-14(15(23)26-18(2,3)4)21(16(24)27-19(5,6)7)17(25)28-20(8,9)10/h13-14,22H,11-12H2,1-10H3/t13-,14+/m1/s1. The number of rotatable bonds is 5. The lowest BCUT2D eigenvalue weighted by Gasteiger charge is -2.34. The number of amides is 2. The molecule has 0 rings (SSSR count). The van der Waals surface area contributed by atoms with Crippen LogP contribution in [0, 0.1) is 5.92 Å². The van der Waals surface area contributed by atoms with E-state index in [-0.39, 0.29) is 18.9 Å². The van der Waals surface area contributed by atoms with Crippen molar-refractivity contribution in [1.29, 1.82) is 0 Å². The van der Waals surface area contributed by atoms with Crippen LogP contribution in [0.2, 0.25) is 0 Å². The molecule has 0 unspecified atom stereocenters. The molecule has 0 aliphatic rings. The Labute approximate surface area is 168 Å². The molecule has 0 heterocycles. The number of aliphatic hydroxyl groups is 1. The van der Waals surface area contributed by atoms with Crippen LogP contribution >= 0.6 is 0 Å². The number of nitrogens with zero attached hydrogens (tertiary/aromatic N) is 1. The van der Waals surface area contributed by atoms with Gasteiger partial charge in [-0.2, -0.15) is 4.90 Å². The topological polar surface area (TPSA) is 102 Å². The Kier molecular flexibility index (Phi) is 8.96. The van der Waals surface area contributed by atoms with Crippen molar-refractivity contribution in [3.63, 3.8) is 0 Å². The molecule has 0 spiro atoms. The molecule has 164 valence electrons. The first kappa shape index (κ1) is 26.2. The number of hydrogen-bond donors (Lipinski definition) is 1. The van der Waals surface area contributed by atoms with E-state index in [4.69, 9.17) is 14.2 Å². The number of esters is 1. The molecule has 2 atom stereocenters. The molecule has 0 saturated carbocycles. The van der Waals surface area contributed by atoms with Crippen molar-refractivity contribution >= 4 is 18.2 Å². The molecule has 28 heavy (non-hydrogen) atoms. The Hall–Kier alpha value is -1.83. The summed E-state index contributed by atoms with van der Waals surface area (Å²) in [5.74, 6) is -1.14. The Bertz CT molecular complexity index is 524. The van der Waals surface area contributed by atoms with Crippen LogP contribution in [0.3, 0.4) is 0 Å². The molecule has 0 aromatic rings. The maximum Gasteiger partial charge on any atom is 0.420 e. The van der Waals surface area contributed by atoms with Gasteiger partial charge in [0.25, 0.3) is 0 Å². The molecule has 8 heteroatoms. The third-order valence-electron chi connectivity index (χ3n) is 3.11. The maximum atomic E-state index is 12.8. The molecule has 0 aliphatic carbocycles. The molecule has 0 fully saturated rings. The van der Waals surface area contributed by atoms with Crippen molar-refractivity contribution in [2.24, 2.45) is 5.92 Å². The first-order chi connectivity index (χ1) is 12.4. The predicted octanol–water partition coefficient (Wildman–Crippen LogP) is 3.89. The van der Waals surface area contributed by atoms with E-state index < -0.39 is 41.0 Å². The average Bonchev–Trinajstić information content (AvgIpc) is 2.40. The summed E-state index contributed by atoms with van der Waals surface area (Å²) in [6.07, 6.45) is -2.02. The van der Waals surface area contributed by atoms with Crippen LogP contribution in [-0.4, -0.2) is 57.6 Å². The van der Waals surface area contributed by atoms with Gasteiger partial charge < -0.3 is 19.3 Å². The number of aliphatic hydroxyl groups excluding tert-OH is 1. The second-order valence-electron chi connectivity index (χ2n) is 9.90. The fraction of sp³-hybridized carbons (Fsp3) is 0.850. The largest absolute Gasteiger partial charge is 0.458 e. The summed E-state index contributed by atoms with van der Waals surface area (Å²) in [6, 6.07) is -1.30. The number of imide groups is 1. The normalized spacial score (nSPS) is 14.7. The van der Waals surface area contributed by atoms with Gasteiger partial charge in [-0.1, -0.05) is 6.92 Å². The summed E-state index contributed by atoms with van der Waals surface area (Å²) in [6.45, 7) is 16.4. The molecular weight excluding hydrogens is 366 g/mol. The first-order valence-corrected chi connectivity index (χ1v) is 9.45. The highest BCUT2D eigenvalue weighted by atomic mass is 16.6. The molecule has 0 aromatic carbocycles. The maximum absolute atomic E-state index is 12.8. The first-order valence-electron chi connectivity index (χ1n) is 9.45. The smallest absolute Gasteiger partial charge is 0.420 e. The lowest BCUT2D eigenvalue weighted by molar-refractivity contribution is -0.161. The molecule has 0 bridgehead atoms. The van der Waals surface area contributed by atoms with Crippen LogP contribution in [0.5, 0.6) is 0 Å². The number of carbonyl (C=O) groups is 3. The van der Waals surface area contributed by atoms with Gasteiger partial charge >= 0.3 is 18.2 Å². The minimum absolute atomic E-state index is 0.00387.